The van der Waals surface area contributed by atoms with E-state index in [0.717, 1.165) is 16.7 Å². The average Bonchev–Trinajstić information content (AvgIpc) is 2.39. The molecule has 1 aromatic heterocycles. The first-order chi connectivity index (χ1) is 9.08. The van der Waals surface area contributed by atoms with Crippen LogP contribution in [0.5, 0.6) is 0 Å². The Bertz CT molecular complexity index is 587. The van der Waals surface area contributed by atoms with E-state index in [1.165, 1.54) is 6.33 Å². The second kappa shape index (κ2) is 5.80. The molecule has 4 nitrogen and oxygen atoms in total. The first kappa shape index (κ1) is 13.5. The zero-order valence-electron chi connectivity index (χ0n) is 10.4. The number of rotatable bonds is 4. The fraction of sp³-hybridized carbons (Fsp3) is 0.214. The van der Waals surface area contributed by atoms with E-state index in [0.29, 0.717) is 5.02 Å². The summed E-state index contributed by atoms with van der Waals surface area (Å²) in [6.45, 7) is 1.88. The number of carboxylic acids is 1. The van der Waals surface area contributed by atoms with E-state index in [2.05, 4.69) is 9.97 Å². The van der Waals surface area contributed by atoms with Crippen molar-refractivity contribution in [1.82, 2.24) is 9.97 Å². The number of nitrogens with zero attached hydrogens (tertiary/aromatic N) is 2. The van der Waals surface area contributed by atoms with Crippen LogP contribution in [0.3, 0.4) is 0 Å². The summed E-state index contributed by atoms with van der Waals surface area (Å²) >= 11 is 6.17. The highest BCUT2D eigenvalue weighted by Crippen LogP contribution is 2.31. The molecule has 0 bridgehead atoms. The van der Waals surface area contributed by atoms with Gasteiger partial charge in [0.25, 0.3) is 0 Å². The van der Waals surface area contributed by atoms with Crippen LogP contribution in [0.2, 0.25) is 5.02 Å². The summed E-state index contributed by atoms with van der Waals surface area (Å²) in [6, 6.07) is 5.52. The van der Waals surface area contributed by atoms with Gasteiger partial charge in [0.2, 0.25) is 0 Å². The highest BCUT2D eigenvalue weighted by Gasteiger charge is 2.13. The second-order valence-electron chi connectivity index (χ2n) is 4.37. The Morgan fingerprint density at radius 1 is 1.37 bits per heavy atom. The molecule has 1 heterocycles. The van der Waals surface area contributed by atoms with Gasteiger partial charge in [-0.3, -0.25) is 4.79 Å². The summed E-state index contributed by atoms with van der Waals surface area (Å²) in [5.41, 5.74) is 2.57. The van der Waals surface area contributed by atoms with Gasteiger partial charge >= 0.3 is 5.97 Å². The summed E-state index contributed by atoms with van der Waals surface area (Å²) in [6.07, 6.45) is 4.90. The van der Waals surface area contributed by atoms with E-state index < -0.39 is 5.97 Å². The summed E-state index contributed by atoms with van der Waals surface area (Å²) in [7, 11) is 0. The van der Waals surface area contributed by atoms with Crippen molar-refractivity contribution >= 4 is 17.6 Å². The molecule has 19 heavy (non-hydrogen) atoms. The highest BCUT2D eigenvalue weighted by molar-refractivity contribution is 6.33. The molecular formula is C14H13ClN2O2. The predicted molar refractivity (Wildman–Crippen MR) is 73.1 cm³/mol. The fourth-order valence-corrected chi connectivity index (χ4v) is 2.12. The van der Waals surface area contributed by atoms with Gasteiger partial charge in [0.05, 0.1) is 6.42 Å². The van der Waals surface area contributed by atoms with E-state index in [1.807, 2.05) is 19.1 Å². The molecule has 98 valence electrons. The number of carbonyl (C=O) groups is 1. The van der Waals surface area contributed by atoms with E-state index in [1.54, 1.807) is 18.5 Å². The normalized spacial score (nSPS) is 12.1. The zero-order chi connectivity index (χ0) is 13.8. The maximum Gasteiger partial charge on any atom is 0.303 e. The largest absolute Gasteiger partial charge is 0.481 e. The van der Waals surface area contributed by atoms with Gasteiger partial charge in [-0.2, -0.15) is 0 Å². The number of aliphatic carboxylic acids is 1. The van der Waals surface area contributed by atoms with Crippen LogP contribution in [-0.4, -0.2) is 21.0 Å². The molecule has 0 saturated carbocycles. The minimum absolute atomic E-state index is 0.0712. The van der Waals surface area contributed by atoms with Crippen molar-refractivity contribution in [2.45, 2.75) is 19.3 Å². The van der Waals surface area contributed by atoms with E-state index in [-0.39, 0.29) is 12.3 Å². The monoisotopic (exact) mass is 276 g/mol. The Labute approximate surface area is 116 Å². The summed E-state index contributed by atoms with van der Waals surface area (Å²) in [5.74, 6) is -0.884. The van der Waals surface area contributed by atoms with Gasteiger partial charge in [0.1, 0.15) is 6.33 Å². The maximum absolute atomic E-state index is 10.8. The van der Waals surface area contributed by atoms with Crippen LogP contribution in [-0.2, 0) is 4.79 Å². The average molecular weight is 277 g/mol. The standard InChI is InChI=1S/C14H13ClN2O2/c1-9(4-14(18)19)10-2-3-13(15)12(5-10)11-6-16-8-17-7-11/h2-3,5-9H,4H2,1H3,(H,18,19). The van der Waals surface area contributed by atoms with Gasteiger partial charge in [0.15, 0.2) is 0 Å². The highest BCUT2D eigenvalue weighted by atomic mass is 35.5. The Morgan fingerprint density at radius 2 is 2.05 bits per heavy atom. The van der Waals surface area contributed by atoms with Crippen molar-refractivity contribution in [1.29, 1.82) is 0 Å². The van der Waals surface area contributed by atoms with Crippen LogP contribution in [0.1, 0.15) is 24.8 Å². The van der Waals surface area contributed by atoms with Crippen LogP contribution in [0, 0.1) is 0 Å². The maximum atomic E-state index is 10.8. The number of hydrogen-bond acceptors (Lipinski definition) is 3. The molecule has 0 fully saturated rings. The lowest BCUT2D eigenvalue weighted by atomic mass is 9.95. The van der Waals surface area contributed by atoms with Crippen LogP contribution in [0.4, 0.5) is 0 Å². The Kier molecular flexibility index (Phi) is 4.12. The van der Waals surface area contributed by atoms with Crippen LogP contribution in [0.25, 0.3) is 11.1 Å². The minimum Gasteiger partial charge on any atom is -0.481 e. The van der Waals surface area contributed by atoms with Crippen molar-refractivity contribution in [3.8, 4) is 11.1 Å². The number of aromatic nitrogens is 2. The van der Waals surface area contributed by atoms with Crippen molar-refractivity contribution in [2.75, 3.05) is 0 Å². The number of halogens is 1. The fourth-order valence-electron chi connectivity index (χ4n) is 1.89. The molecule has 1 aromatic carbocycles. The first-order valence-electron chi connectivity index (χ1n) is 5.84. The minimum atomic E-state index is -0.813. The lowest BCUT2D eigenvalue weighted by Gasteiger charge is -2.12. The third-order valence-electron chi connectivity index (χ3n) is 2.91. The second-order valence-corrected chi connectivity index (χ2v) is 4.77. The molecule has 0 aliphatic rings. The molecule has 0 saturated heterocycles. The molecule has 0 spiro atoms. The quantitative estimate of drug-likeness (QED) is 0.930. The molecule has 0 aliphatic heterocycles. The van der Waals surface area contributed by atoms with Gasteiger partial charge in [-0.05, 0) is 23.6 Å². The third-order valence-corrected chi connectivity index (χ3v) is 3.24. The lowest BCUT2D eigenvalue weighted by Crippen LogP contribution is -2.03. The van der Waals surface area contributed by atoms with Gasteiger partial charge < -0.3 is 5.11 Å². The van der Waals surface area contributed by atoms with Crippen molar-refractivity contribution in [2.24, 2.45) is 0 Å². The molecule has 2 rings (SSSR count). The van der Waals surface area contributed by atoms with Crippen LogP contribution in [0.15, 0.2) is 36.9 Å². The smallest absolute Gasteiger partial charge is 0.303 e. The molecule has 1 atom stereocenters. The summed E-state index contributed by atoms with van der Waals surface area (Å²) in [5, 5.41) is 9.44. The van der Waals surface area contributed by atoms with Crippen molar-refractivity contribution in [3.05, 3.63) is 47.5 Å². The zero-order valence-corrected chi connectivity index (χ0v) is 11.1. The van der Waals surface area contributed by atoms with Gasteiger partial charge in [-0.15, -0.1) is 0 Å². The van der Waals surface area contributed by atoms with Crippen LogP contribution < -0.4 is 0 Å². The SMILES string of the molecule is CC(CC(=O)O)c1ccc(Cl)c(-c2cncnc2)c1. The lowest BCUT2D eigenvalue weighted by molar-refractivity contribution is -0.137. The Morgan fingerprint density at radius 3 is 2.68 bits per heavy atom. The molecule has 5 heteroatoms. The molecule has 1 unspecified atom stereocenters. The topological polar surface area (TPSA) is 63.1 Å². The number of benzene rings is 1. The third kappa shape index (κ3) is 3.29. The number of carboxylic acid groups (broad SMARTS) is 1. The van der Waals surface area contributed by atoms with Gasteiger partial charge in [-0.1, -0.05) is 24.6 Å². The predicted octanol–water partition coefficient (Wildman–Crippen LogP) is 3.38. The van der Waals surface area contributed by atoms with E-state index >= 15 is 0 Å². The summed E-state index contributed by atoms with van der Waals surface area (Å²) < 4.78 is 0. The van der Waals surface area contributed by atoms with Crippen molar-refractivity contribution in [3.63, 3.8) is 0 Å². The molecule has 0 aliphatic carbocycles. The first-order valence-corrected chi connectivity index (χ1v) is 6.22. The Hall–Kier alpha value is -1.94. The molecule has 1 N–H and O–H groups in total. The molecule has 0 radical (unpaired) electrons. The molecule has 0 amide bonds. The van der Waals surface area contributed by atoms with E-state index in [9.17, 15) is 4.79 Å². The van der Waals surface area contributed by atoms with Gasteiger partial charge in [0, 0.05) is 28.5 Å². The van der Waals surface area contributed by atoms with Gasteiger partial charge in [-0.25, -0.2) is 9.97 Å². The Balaban J connectivity index is 2.38. The molecule has 2 aromatic rings. The number of hydrogen-bond donors (Lipinski definition) is 1. The van der Waals surface area contributed by atoms with E-state index in [4.69, 9.17) is 16.7 Å². The summed E-state index contributed by atoms with van der Waals surface area (Å²) in [4.78, 5) is 18.7. The molecular weight excluding hydrogens is 264 g/mol. The van der Waals surface area contributed by atoms with Crippen LogP contribution >= 0.6 is 11.6 Å². The van der Waals surface area contributed by atoms with Crippen molar-refractivity contribution < 1.29 is 9.90 Å².